The van der Waals surface area contributed by atoms with E-state index in [1.165, 1.54) is 18.3 Å². The largest absolute Gasteiger partial charge is 0.347 e. The molecular weight excluding hydrogens is 257 g/mol. The summed E-state index contributed by atoms with van der Waals surface area (Å²) >= 11 is 0. The van der Waals surface area contributed by atoms with Crippen LogP contribution in [0.4, 0.5) is 4.39 Å². The van der Waals surface area contributed by atoms with Gasteiger partial charge in [0.1, 0.15) is 11.6 Å². The van der Waals surface area contributed by atoms with Crippen LogP contribution in [0.3, 0.4) is 0 Å². The van der Waals surface area contributed by atoms with Gasteiger partial charge in [-0.2, -0.15) is 0 Å². The summed E-state index contributed by atoms with van der Waals surface area (Å²) < 4.78 is 39.4. The van der Waals surface area contributed by atoms with Crippen molar-refractivity contribution in [2.75, 3.05) is 0 Å². The molecule has 0 atom stereocenters. The van der Waals surface area contributed by atoms with Crippen LogP contribution in [0.1, 0.15) is 11.4 Å². The molecule has 2 aromatic rings. The molecular formula is C11H12FN3O2S. The quantitative estimate of drug-likeness (QED) is 0.879. The summed E-state index contributed by atoms with van der Waals surface area (Å²) in [4.78, 5) is 6.56. The third-order valence-corrected chi connectivity index (χ3v) is 3.84. The van der Waals surface area contributed by atoms with E-state index in [0.29, 0.717) is 11.4 Å². The average Bonchev–Trinajstić information content (AvgIpc) is 2.83. The molecule has 0 aliphatic heterocycles. The zero-order valence-corrected chi connectivity index (χ0v) is 10.5. The number of aromatic amines is 1. The Balaban J connectivity index is 2.17. The summed E-state index contributed by atoms with van der Waals surface area (Å²) in [5, 5.41) is 0. The van der Waals surface area contributed by atoms with Gasteiger partial charge in [0.05, 0.1) is 11.4 Å². The SMILES string of the molecule is Cc1ccc(S(=O)(=O)NCc2ncc[nH]2)cc1F. The molecule has 0 unspecified atom stereocenters. The van der Waals surface area contributed by atoms with Crippen molar-refractivity contribution in [2.24, 2.45) is 0 Å². The van der Waals surface area contributed by atoms with E-state index in [1.807, 2.05) is 0 Å². The number of imidazole rings is 1. The second-order valence-electron chi connectivity index (χ2n) is 3.77. The molecule has 2 rings (SSSR count). The van der Waals surface area contributed by atoms with E-state index in [1.54, 1.807) is 13.1 Å². The highest BCUT2D eigenvalue weighted by Gasteiger charge is 2.15. The van der Waals surface area contributed by atoms with E-state index in [-0.39, 0.29) is 11.4 Å². The first-order valence-electron chi connectivity index (χ1n) is 5.23. The third-order valence-electron chi connectivity index (χ3n) is 2.44. The van der Waals surface area contributed by atoms with Crippen LogP contribution in [0.25, 0.3) is 0 Å². The van der Waals surface area contributed by atoms with Gasteiger partial charge in [0.15, 0.2) is 0 Å². The molecule has 0 saturated heterocycles. The van der Waals surface area contributed by atoms with Gasteiger partial charge in [0, 0.05) is 12.4 Å². The lowest BCUT2D eigenvalue weighted by Gasteiger charge is -2.06. The average molecular weight is 269 g/mol. The summed E-state index contributed by atoms with van der Waals surface area (Å²) in [6.07, 6.45) is 3.12. The predicted molar refractivity (Wildman–Crippen MR) is 63.8 cm³/mol. The fraction of sp³-hybridized carbons (Fsp3) is 0.182. The van der Waals surface area contributed by atoms with Crippen molar-refractivity contribution >= 4 is 10.0 Å². The van der Waals surface area contributed by atoms with E-state index in [9.17, 15) is 12.8 Å². The number of halogens is 1. The van der Waals surface area contributed by atoms with Gasteiger partial charge in [-0.15, -0.1) is 0 Å². The van der Waals surface area contributed by atoms with Crippen molar-refractivity contribution in [2.45, 2.75) is 18.4 Å². The molecule has 0 fully saturated rings. The van der Waals surface area contributed by atoms with E-state index >= 15 is 0 Å². The Morgan fingerprint density at radius 3 is 2.83 bits per heavy atom. The second kappa shape index (κ2) is 4.87. The van der Waals surface area contributed by atoms with Gasteiger partial charge < -0.3 is 4.98 Å². The minimum absolute atomic E-state index is 0.0326. The van der Waals surface area contributed by atoms with Crippen molar-refractivity contribution < 1.29 is 12.8 Å². The van der Waals surface area contributed by atoms with Gasteiger partial charge in [-0.1, -0.05) is 6.07 Å². The first-order chi connectivity index (χ1) is 8.49. The molecule has 5 nitrogen and oxygen atoms in total. The Kier molecular flexibility index (Phi) is 3.44. The lowest BCUT2D eigenvalue weighted by atomic mass is 10.2. The maximum Gasteiger partial charge on any atom is 0.241 e. The van der Waals surface area contributed by atoms with Gasteiger partial charge >= 0.3 is 0 Å². The summed E-state index contributed by atoms with van der Waals surface area (Å²) in [5.74, 6) is -0.0537. The third kappa shape index (κ3) is 2.74. The second-order valence-corrected chi connectivity index (χ2v) is 5.54. The minimum atomic E-state index is -3.73. The lowest BCUT2D eigenvalue weighted by molar-refractivity contribution is 0.575. The predicted octanol–water partition coefficient (Wildman–Crippen LogP) is 1.34. The van der Waals surface area contributed by atoms with Crippen molar-refractivity contribution in [3.63, 3.8) is 0 Å². The van der Waals surface area contributed by atoms with Crippen LogP contribution >= 0.6 is 0 Å². The Bertz CT molecular complexity index is 638. The molecule has 7 heteroatoms. The van der Waals surface area contributed by atoms with Crippen LogP contribution in [0, 0.1) is 12.7 Å². The summed E-state index contributed by atoms with van der Waals surface area (Å²) in [6, 6.07) is 3.79. The van der Waals surface area contributed by atoms with Gasteiger partial charge in [-0.05, 0) is 24.6 Å². The number of rotatable bonds is 4. The zero-order chi connectivity index (χ0) is 13.2. The molecule has 0 aliphatic rings. The molecule has 0 spiro atoms. The van der Waals surface area contributed by atoms with Crippen LogP contribution in [0.2, 0.25) is 0 Å². The molecule has 18 heavy (non-hydrogen) atoms. The highest BCUT2D eigenvalue weighted by atomic mass is 32.2. The number of sulfonamides is 1. The number of aryl methyl sites for hydroxylation is 1. The van der Waals surface area contributed by atoms with E-state index in [2.05, 4.69) is 14.7 Å². The maximum absolute atomic E-state index is 13.3. The first-order valence-corrected chi connectivity index (χ1v) is 6.71. The molecule has 0 aliphatic carbocycles. The standard InChI is InChI=1S/C11H12FN3O2S/c1-8-2-3-9(6-10(8)12)18(16,17)15-7-11-13-4-5-14-11/h2-6,15H,7H2,1H3,(H,13,14). The van der Waals surface area contributed by atoms with Crippen LogP contribution in [-0.2, 0) is 16.6 Å². The molecule has 0 amide bonds. The summed E-state index contributed by atoms with van der Waals surface area (Å²) in [6.45, 7) is 1.60. The van der Waals surface area contributed by atoms with Crippen LogP contribution in [0.15, 0.2) is 35.5 Å². The monoisotopic (exact) mass is 269 g/mol. The number of hydrogen-bond acceptors (Lipinski definition) is 3. The molecule has 0 bridgehead atoms. The van der Waals surface area contributed by atoms with Crippen molar-refractivity contribution in [1.29, 1.82) is 0 Å². The van der Waals surface area contributed by atoms with Crippen molar-refractivity contribution in [1.82, 2.24) is 14.7 Å². The number of nitrogens with one attached hydrogen (secondary N) is 2. The number of aromatic nitrogens is 2. The fourth-order valence-corrected chi connectivity index (χ4v) is 2.38. The minimum Gasteiger partial charge on any atom is -0.347 e. The zero-order valence-electron chi connectivity index (χ0n) is 9.64. The topological polar surface area (TPSA) is 74.8 Å². The highest BCUT2D eigenvalue weighted by molar-refractivity contribution is 7.89. The Morgan fingerprint density at radius 2 is 2.22 bits per heavy atom. The number of nitrogens with zero attached hydrogens (tertiary/aromatic N) is 1. The van der Waals surface area contributed by atoms with Gasteiger partial charge in [0.2, 0.25) is 10.0 Å². The van der Waals surface area contributed by atoms with Crippen molar-refractivity contribution in [3.8, 4) is 0 Å². The summed E-state index contributed by atoms with van der Waals surface area (Å²) in [5.41, 5.74) is 0.403. The highest BCUT2D eigenvalue weighted by Crippen LogP contribution is 2.14. The molecule has 1 heterocycles. The number of H-pyrrole nitrogens is 1. The van der Waals surface area contributed by atoms with Gasteiger partial charge in [-0.3, -0.25) is 0 Å². The van der Waals surface area contributed by atoms with Crippen LogP contribution < -0.4 is 4.72 Å². The van der Waals surface area contributed by atoms with Gasteiger partial charge in [0.25, 0.3) is 0 Å². The normalized spacial score (nSPS) is 11.7. The van der Waals surface area contributed by atoms with E-state index in [0.717, 1.165) is 6.07 Å². The Morgan fingerprint density at radius 1 is 1.44 bits per heavy atom. The fourth-order valence-electron chi connectivity index (χ4n) is 1.38. The first kappa shape index (κ1) is 12.7. The lowest BCUT2D eigenvalue weighted by Crippen LogP contribution is -2.24. The van der Waals surface area contributed by atoms with Crippen LogP contribution in [-0.4, -0.2) is 18.4 Å². The Hall–Kier alpha value is -1.73. The van der Waals surface area contributed by atoms with Gasteiger partial charge in [-0.25, -0.2) is 22.5 Å². The smallest absolute Gasteiger partial charge is 0.241 e. The van der Waals surface area contributed by atoms with E-state index in [4.69, 9.17) is 0 Å². The number of hydrogen-bond donors (Lipinski definition) is 2. The molecule has 2 N–H and O–H groups in total. The van der Waals surface area contributed by atoms with Crippen LogP contribution in [0.5, 0.6) is 0 Å². The van der Waals surface area contributed by atoms with Crippen molar-refractivity contribution in [3.05, 3.63) is 47.8 Å². The van der Waals surface area contributed by atoms with E-state index < -0.39 is 15.8 Å². The molecule has 1 aromatic heterocycles. The maximum atomic E-state index is 13.3. The number of benzene rings is 1. The molecule has 0 radical (unpaired) electrons. The Labute approximate surface area is 104 Å². The molecule has 1 aromatic carbocycles. The molecule has 0 saturated carbocycles. The molecule has 96 valence electrons. The summed E-state index contributed by atoms with van der Waals surface area (Å²) in [7, 11) is -3.73.